The van der Waals surface area contributed by atoms with Gasteiger partial charge >= 0.3 is 17.9 Å². The molecule has 29 N–H and O–H groups in total. The number of phenols is 2. The van der Waals surface area contributed by atoms with Crippen molar-refractivity contribution in [1.29, 1.82) is 0 Å². The van der Waals surface area contributed by atoms with Crippen LogP contribution in [0.1, 0.15) is 122 Å². The number of primary amides is 2. The zero-order valence-corrected chi connectivity index (χ0v) is 69.9. The minimum Gasteiger partial charge on any atom is -0.508 e. The molecule has 0 bridgehead atoms. The average molecular weight is 1770 g/mol. The van der Waals surface area contributed by atoms with Gasteiger partial charge in [-0.05, 0) is 98.9 Å². The number of carbonyl (C=O) groups excluding carboxylic acids is 16. The SMILES string of the molecule is CC[C@H](C)[C@H](NC(=O)[C@H](Cc1cnc[nH]1)NC(=O)[C@H](CCC(N)=O)NC(=O)CNC(=O)[C@H](CC(C)C)NC(=O)[C@@H](N)CC(N)=O)C(=O)N[C@@H](Cc1ccc(O)cc1)C(=O)N[C@@H](CCC(=O)O)C(=O)N[C@H](C(=O)N[C@@H](Cc1ccc(O)cc1)C(=O)NCC(=O)N[C@@H](CC(=O)O)C(=O)N[C@H](C(=O)N[C@@H](Cc1c[nH]c2ccccc12)C(=O)N[C@@H](C)C(=O)O)[C@@H](C)O)[C@@H](C)O. The van der Waals surface area contributed by atoms with Crippen molar-refractivity contribution in [2.75, 3.05) is 13.1 Å². The van der Waals surface area contributed by atoms with Gasteiger partial charge < -0.3 is 137 Å². The fourth-order valence-corrected chi connectivity index (χ4v) is 12.5. The summed E-state index contributed by atoms with van der Waals surface area (Å²) < 4.78 is 0. The molecule has 0 unspecified atom stereocenters. The number of rotatable bonds is 53. The molecule has 16 atom stereocenters. The monoisotopic (exact) mass is 1770 g/mol. The number of aliphatic carboxylic acids is 3. The maximum Gasteiger partial charge on any atom is 0.325 e. The number of carboxylic acid groups (broad SMARTS) is 3. The maximum atomic E-state index is 14.9. The van der Waals surface area contributed by atoms with Crippen LogP contribution in [0.2, 0.25) is 0 Å². The molecule has 0 fully saturated rings. The molecule has 0 saturated heterocycles. The molecular formula is C80H110N20O26. The lowest BCUT2D eigenvalue weighted by molar-refractivity contribution is -0.142. The second-order valence-electron chi connectivity index (χ2n) is 30.5. The number of aromatic amines is 2. The van der Waals surface area contributed by atoms with Gasteiger partial charge in [-0.2, -0.15) is 0 Å². The number of fused-ring (bicyclic) bond motifs is 1. The third kappa shape index (κ3) is 34.3. The number of phenolic OH excluding ortho intramolecular Hbond substituents is 2. The molecule has 46 heteroatoms. The van der Waals surface area contributed by atoms with E-state index < -0.39 is 274 Å². The number of hydrogen-bond acceptors (Lipinski definition) is 25. The molecule has 5 rings (SSSR count). The minimum atomic E-state index is -2.11. The van der Waals surface area contributed by atoms with Crippen molar-refractivity contribution in [2.45, 2.75) is 216 Å². The van der Waals surface area contributed by atoms with Crippen LogP contribution in [0, 0.1) is 11.8 Å². The third-order valence-electron chi connectivity index (χ3n) is 19.6. The van der Waals surface area contributed by atoms with E-state index in [9.17, 15) is 127 Å². The van der Waals surface area contributed by atoms with Crippen LogP contribution in [-0.2, 0) is 117 Å². The van der Waals surface area contributed by atoms with E-state index in [-0.39, 0.29) is 59.9 Å². The van der Waals surface area contributed by atoms with Gasteiger partial charge in [-0.3, -0.25) is 91.1 Å². The van der Waals surface area contributed by atoms with E-state index in [2.05, 4.69) is 89.4 Å². The number of benzene rings is 3. The second kappa shape index (κ2) is 49.8. The van der Waals surface area contributed by atoms with Crippen LogP contribution in [0.5, 0.6) is 11.5 Å². The van der Waals surface area contributed by atoms with E-state index in [1.165, 1.54) is 74.2 Å². The summed E-state index contributed by atoms with van der Waals surface area (Å²) in [6, 6.07) is -5.39. The molecule has 686 valence electrons. The highest BCUT2D eigenvalue weighted by atomic mass is 16.4. The number of carbonyl (C=O) groups is 19. The van der Waals surface area contributed by atoms with Crippen molar-refractivity contribution in [2.24, 2.45) is 29.0 Å². The first-order valence-electron chi connectivity index (χ1n) is 39.9. The maximum absolute atomic E-state index is 14.9. The first-order valence-corrected chi connectivity index (χ1v) is 39.9. The van der Waals surface area contributed by atoms with Crippen molar-refractivity contribution in [1.82, 2.24) is 89.4 Å². The summed E-state index contributed by atoms with van der Waals surface area (Å²) >= 11 is 0. The molecule has 0 aliphatic heterocycles. The Kier molecular flexibility index (Phi) is 40.5. The van der Waals surface area contributed by atoms with Gasteiger partial charge in [0.05, 0.1) is 50.5 Å². The molecule has 16 amide bonds. The van der Waals surface area contributed by atoms with Crippen LogP contribution in [0.25, 0.3) is 10.9 Å². The number of carboxylic acids is 3. The molecule has 46 nitrogen and oxygen atoms in total. The van der Waals surface area contributed by atoms with Crippen LogP contribution < -0.4 is 91.6 Å². The summed E-state index contributed by atoms with van der Waals surface area (Å²) in [6.45, 7) is 7.89. The molecule has 2 aromatic heterocycles. The van der Waals surface area contributed by atoms with Gasteiger partial charge in [0, 0.05) is 67.5 Å². The molecule has 5 aromatic rings. The third-order valence-corrected chi connectivity index (χ3v) is 19.6. The Hall–Kier alpha value is -14.2. The number of aliphatic hydroxyl groups is 2. The Morgan fingerprint density at radius 2 is 0.857 bits per heavy atom. The molecule has 3 aromatic carbocycles. The van der Waals surface area contributed by atoms with Crippen molar-refractivity contribution in [3.05, 3.63) is 114 Å². The number of aromatic nitrogens is 3. The summed E-state index contributed by atoms with van der Waals surface area (Å²) in [7, 11) is 0. The van der Waals surface area contributed by atoms with E-state index in [0.717, 1.165) is 20.8 Å². The van der Waals surface area contributed by atoms with Gasteiger partial charge in [0.2, 0.25) is 94.5 Å². The van der Waals surface area contributed by atoms with E-state index in [4.69, 9.17) is 17.2 Å². The Labute approximate surface area is 720 Å². The number of nitrogens with two attached hydrogens (primary N) is 3. The number of para-hydroxylation sites is 1. The number of aliphatic hydroxyl groups excluding tert-OH is 2. The number of nitrogens with one attached hydrogen (secondary N) is 16. The topological polar surface area (TPSA) is 757 Å². The predicted molar refractivity (Wildman–Crippen MR) is 442 cm³/mol. The van der Waals surface area contributed by atoms with E-state index in [0.29, 0.717) is 16.5 Å². The highest BCUT2D eigenvalue weighted by Gasteiger charge is 2.40. The minimum absolute atomic E-state index is 0.0344. The van der Waals surface area contributed by atoms with Gasteiger partial charge in [0.15, 0.2) is 0 Å². The average Bonchev–Trinajstić information content (AvgIpc) is 1.65. The smallest absolute Gasteiger partial charge is 0.325 e. The van der Waals surface area contributed by atoms with Crippen LogP contribution in [0.4, 0.5) is 0 Å². The zero-order chi connectivity index (χ0) is 93.9. The largest absolute Gasteiger partial charge is 0.508 e. The molecule has 0 aliphatic carbocycles. The van der Waals surface area contributed by atoms with E-state index in [1.54, 1.807) is 45.0 Å². The Morgan fingerprint density at radius 3 is 1.35 bits per heavy atom. The fourth-order valence-electron chi connectivity index (χ4n) is 12.5. The Bertz CT molecular complexity index is 4680. The number of hydrogen-bond donors (Lipinski definition) is 26. The Balaban J connectivity index is 1.36. The summed E-state index contributed by atoms with van der Waals surface area (Å²) in [4.78, 5) is 266. The summed E-state index contributed by atoms with van der Waals surface area (Å²) in [6.07, 6.45) is -5.45. The number of imidazole rings is 1. The van der Waals surface area contributed by atoms with Crippen molar-refractivity contribution in [3.8, 4) is 11.5 Å². The molecule has 0 spiro atoms. The standard InChI is InChI=1S/C80H110N20O26/c1-8-38(4)65(98-75(120)57(29-45-33-84-36-88-45)94-71(116)51(21-23-59(82)105)90-61(107)34-86-69(114)53(25-37(2)3)93-68(113)49(81)30-60(83)106)77(122)96-55(27-43-15-19-47(104)20-16-43)74(119)92-52(22-24-63(109)110)72(117)99-66(40(6)101)78(123)95-54(26-42-13-17-46(103)18-14-42)70(115)87-35-62(108)91-58(31-64(111)112)76(121)100-67(41(7)102)79(124)97-56(73(118)89-39(5)80(125)126)28-44-32-85-50-12-10-9-11-48(44)50/h9-20,32-33,36-41,49,51-58,65-67,85,101-104H,8,21-31,34-35,81H2,1-7H3,(H2,82,105)(H2,83,106)(H,84,88)(H,86,114)(H,87,115)(H,89,118)(H,90,107)(H,91,108)(H,92,119)(H,93,113)(H,94,116)(H,95,123)(H,96,122)(H,97,124)(H,98,120)(H,99,117)(H,100,121)(H,109,110)(H,111,112)(H,125,126)/t38-,39-,40+,41+,49-,51-,52-,53-,54-,55-,56-,57-,58-,65-,66-,67-/m0/s1. The second-order valence-corrected chi connectivity index (χ2v) is 30.5. The van der Waals surface area contributed by atoms with Crippen molar-refractivity contribution >= 4 is 123 Å². The molecular weight excluding hydrogens is 1660 g/mol. The van der Waals surface area contributed by atoms with Crippen LogP contribution in [-0.4, -0.2) is 267 Å². The number of amides is 16. The Morgan fingerprint density at radius 1 is 0.429 bits per heavy atom. The van der Waals surface area contributed by atoms with Gasteiger partial charge in [-0.1, -0.05) is 76.6 Å². The first kappa shape index (κ1) is 102. The molecule has 0 radical (unpaired) electrons. The predicted octanol–water partition coefficient (Wildman–Crippen LogP) is -6.61. The lowest BCUT2D eigenvalue weighted by atomic mass is 9.96. The van der Waals surface area contributed by atoms with Crippen LogP contribution >= 0.6 is 0 Å². The van der Waals surface area contributed by atoms with E-state index in [1.807, 2.05) is 0 Å². The number of aromatic hydroxyl groups is 2. The van der Waals surface area contributed by atoms with E-state index >= 15 is 0 Å². The molecule has 126 heavy (non-hydrogen) atoms. The fraction of sp³-hybridized carbons (Fsp3) is 0.475. The lowest BCUT2D eigenvalue weighted by Gasteiger charge is -2.30. The number of H-pyrrole nitrogens is 2. The zero-order valence-electron chi connectivity index (χ0n) is 69.9. The highest BCUT2D eigenvalue weighted by molar-refractivity contribution is 6.01. The molecule has 0 saturated carbocycles. The molecule has 0 aliphatic rings. The number of nitrogens with zero attached hydrogens (tertiary/aromatic N) is 1. The highest BCUT2D eigenvalue weighted by Crippen LogP contribution is 2.21. The van der Waals surface area contributed by atoms with Gasteiger partial charge in [-0.25, -0.2) is 4.98 Å². The van der Waals surface area contributed by atoms with Gasteiger partial charge in [0.1, 0.15) is 84.0 Å². The van der Waals surface area contributed by atoms with Crippen molar-refractivity contribution < 1.29 is 127 Å². The van der Waals surface area contributed by atoms with Crippen LogP contribution in [0.15, 0.2) is 91.5 Å². The summed E-state index contributed by atoms with van der Waals surface area (Å²) in [5, 5.41) is 105. The van der Waals surface area contributed by atoms with Crippen molar-refractivity contribution in [3.63, 3.8) is 0 Å². The normalized spacial score (nSPS) is 14.9. The summed E-state index contributed by atoms with van der Waals surface area (Å²) in [5.74, 6) is -24.0. The van der Waals surface area contributed by atoms with Gasteiger partial charge in [-0.15, -0.1) is 0 Å². The lowest BCUT2D eigenvalue weighted by Crippen LogP contribution is -2.62. The van der Waals surface area contributed by atoms with Crippen LogP contribution in [0.3, 0.4) is 0 Å². The summed E-state index contributed by atoms with van der Waals surface area (Å²) in [5.41, 5.74) is 18.2. The quantitative estimate of drug-likeness (QED) is 0.0172. The molecule has 2 heterocycles. The van der Waals surface area contributed by atoms with Gasteiger partial charge in [0.25, 0.3) is 0 Å². The first-order chi connectivity index (χ1) is 59.3.